The molecule has 0 N–H and O–H groups in total. The molecule has 2 rings (SSSR count). The molecule has 0 amide bonds. The van der Waals surface area contributed by atoms with Crippen LogP contribution < -0.4 is 0 Å². The lowest BCUT2D eigenvalue weighted by atomic mass is 9.87. The molecule has 1 aromatic carbocycles. The van der Waals surface area contributed by atoms with Crippen molar-refractivity contribution < 1.29 is 0 Å². The van der Waals surface area contributed by atoms with E-state index in [1.165, 1.54) is 0 Å². The molecule has 0 aliphatic heterocycles. The molecular weight excluding hydrogens is 222 g/mol. The van der Waals surface area contributed by atoms with Gasteiger partial charge in [-0.25, -0.2) is 4.68 Å². The maximum atomic E-state index is 6.27. The number of hydrogen-bond donors (Lipinski definition) is 0. The van der Waals surface area contributed by atoms with Crippen LogP contribution in [0.2, 0.25) is 5.02 Å². The average Bonchev–Trinajstić information content (AvgIpc) is 2.68. The molecule has 3 nitrogen and oxygen atoms in total. The first-order valence-electron chi connectivity index (χ1n) is 5.15. The number of rotatable bonds is 1. The highest BCUT2D eigenvalue weighted by Crippen LogP contribution is 2.30. The maximum Gasteiger partial charge on any atom is 0.0697 e. The second kappa shape index (κ2) is 3.91. The minimum absolute atomic E-state index is 0.0536. The molecule has 4 heteroatoms. The molecule has 0 spiro atoms. The number of nitrogens with zero attached hydrogens (tertiary/aromatic N) is 3. The van der Waals surface area contributed by atoms with E-state index in [1.54, 1.807) is 17.1 Å². The van der Waals surface area contributed by atoms with Gasteiger partial charge in [0.15, 0.2) is 0 Å². The zero-order chi connectivity index (χ0) is 11.8. The predicted octanol–water partition coefficient (Wildman–Crippen LogP) is 3.22. The van der Waals surface area contributed by atoms with Gasteiger partial charge in [0.25, 0.3) is 0 Å². The fourth-order valence-electron chi connectivity index (χ4n) is 1.60. The Balaban J connectivity index is 2.45. The summed E-state index contributed by atoms with van der Waals surface area (Å²) in [6.45, 7) is 6.43. The van der Waals surface area contributed by atoms with Crippen LogP contribution in [0.3, 0.4) is 0 Å². The first kappa shape index (κ1) is 11.1. The summed E-state index contributed by atoms with van der Waals surface area (Å²) in [5, 5.41) is 8.46. The molecule has 0 radical (unpaired) electrons. The van der Waals surface area contributed by atoms with Crippen molar-refractivity contribution in [2.45, 2.75) is 26.2 Å². The molecule has 16 heavy (non-hydrogen) atoms. The zero-order valence-corrected chi connectivity index (χ0v) is 10.4. The summed E-state index contributed by atoms with van der Waals surface area (Å²) in [5.41, 5.74) is 2.12. The summed E-state index contributed by atoms with van der Waals surface area (Å²) < 4.78 is 1.69. The Morgan fingerprint density at radius 1 is 1.25 bits per heavy atom. The standard InChI is InChI=1S/C12H14ClN3/c1-12(2,3)10-5-4-9(8-11(10)13)16-7-6-14-15-16/h4-8H,1-3H3. The highest BCUT2D eigenvalue weighted by molar-refractivity contribution is 6.31. The van der Waals surface area contributed by atoms with Crippen LogP contribution in [-0.2, 0) is 5.41 Å². The van der Waals surface area contributed by atoms with Crippen molar-refractivity contribution in [1.29, 1.82) is 0 Å². The van der Waals surface area contributed by atoms with Gasteiger partial charge in [-0.3, -0.25) is 0 Å². The lowest BCUT2D eigenvalue weighted by Crippen LogP contribution is -2.12. The first-order valence-corrected chi connectivity index (χ1v) is 5.53. The van der Waals surface area contributed by atoms with Crippen LogP contribution in [0.25, 0.3) is 5.69 Å². The van der Waals surface area contributed by atoms with Crippen molar-refractivity contribution in [2.24, 2.45) is 0 Å². The van der Waals surface area contributed by atoms with Gasteiger partial charge in [-0.05, 0) is 23.1 Å². The number of aromatic nitrogens is 3. The SMILES string of the molecule is CC(C)(C)c1ccc(-n2ccnn2)cc1Cl. The Hall–Kier alpha value is -1.35. The topological polar surface area (TPSA) is 30.7 Å². The van der Waals surface area contributed by atoms with E-state index in [0.717, 1.165) is 16.3 Å². The van der Waals surface area contributed by atoms with Crippen LogP contribution in [0.1, 0.15) is 26.3 Å². The summed E-state index contributed by atoms with van der Waals surface area (Å²) >= 11 is 6.27. The van der Waals surface area contributed by atoms with Crippen LogP contribution in [-0.4, -0.2) is 15.0 Å². The molecule has 0 saturated heterocycles. The Labute approximate surface area is 100 Å². The van der Waals surface area contributed by atoms with Crippen molar-refractivity contribution in [3.63, 3.8) is 0 Å². The maximum absolute atomic E-state index is 6.27. The summed E-state index contributed by atoms with van der Waals surface area (Å²) in [5.74, 6) is 0. The van der Waals surface area contributed by atoms with Gasteiger partial charge in [0.05, 0.1) is 18.1 Å². The third kappa shape index (κ3) is 2.09. The molecule has 0 atom stereocenters. The van der Waals surface area contributed by atoms with Crippen molar-refractivity contribution in [3.8, 4) is 5.69 Å². The van der Waals surface area contributed by atoms with Crippen molar-refractivity contribution >= 4 is 11.6 Å². The van der Waals surface area contributed by atoms with Crippen LogP contribution in [0.5, 0.6) is 0 Å². The van der Waals surface area contributed by atoms with Crippen LogP contribution in [0, 0.1) is 0 Å². The fraction of sp³-hybridized carbons (Fsp3) is 0.333. The molecule has 0 aliphatic rings. The smallest absolute Gasteiger partial charge is 0.0697 e. The Morgan fingerprint density at radius 3 is 2.50 bits per heavy atom. The van der Waals surface area contributed by atoms with E-state index in [9.17, 15) is 0 Å². The molecule has 0 saturated carbocycles. The van der Waals surface area contributed by atoms with E-state index < -0.39 is 0 Å². The van der Waals surface area contributed by atoms with Crippen molar-refractivity contribution in [2.75, 3.05) is 0 Å². The van der Waals surface area contributed by atoms with Crippen LogP contribution >= 0.6 is 11.6 Å². The van der Waals surface area contributed by atoms with E-state index >= 15 is 0 Å². The minimum atomic E-state index is 0.0536. The van der Waals surface area contributed by atoms with Gasteiger partial charge in [-0.15, -0.1) is 5.10 Å². The number of benzene rings is 1. The summed E-state index contributed by atoms with van der Waals surface area (Å²) in [7, 11) is 0. The predicted molar refractivity (Wildman–Crippen MR) is 65.1 cm³/mol. The lowest BCUT2D eigenvalue weighted by Gasteiger charge is -2.20. The van der Waals surface area contributed by atoms with Gasteiger partial charge in [0, 0.05) is 5.02 Å². The normalized spacial score (nSPS) is 11.8. The van der Waals surface area contributed by atoms with Crippen molar-refractivity contribution in [1.82, 2.24) is 15.0 Å². The quantitative estimate of drug-likeness (QED) is 0.760. The Morgan fingerprint density at radius 2 is 2.00 bits per heavy atom. The molecule has 2 aromatic rings. The van der Waals surface area contributed by atoms with Gasteiger partial charge in [0.1, 0.15) is 0 Å². The van der Waals surface area contributed by atoms with E-state index in [1.807, 2.05) is 18.2 Å². The third-order valence-electron chi connectivity index (χ3n) is 2.45. The highest BCUT2D eigenvalue weighted by atomic mass is 35.5. The minimum Gasteiger partial charge on any atom is -0.221 e. The van der Waals surface area contributed by atoms with Gasteiger partial charge >= 0.3 is 0 Å². The third-order valence-corrected chi connectivity index (χ3v) is 2.76. The van der Waals surface area contributed by atoms with E-state index in [-0.39, 0.29) is 5.41 Å². The second-order valence-electron chi connectivity index (χ2n) is 4.76. The molecular formula is C12H14ClN3. The zero-order valence-electron chi connectivity index (χ0n) is 9.61. The Kier molecular flexibility index (Phi) is 2.72. The van der Waals surface area contributed by atoms with Crippen LogP contribution in [0.15, 0.2) is 30.6 Å². The molecule has 84 valence electrons. The second-order valence-corrected chi connectivity index (χ2v) is 5.17. The Bertz CT molecular complexity index is 483. The molecule has 0 fully saturated rings. The largest absolute Gasteiger partial charge is 0.221 e. The molecule has 0 unspecified atom stereocenters. The molecule has 0 aliphatic carbocycles. The van der Waals surface area contributed by atoms with Gasteiger partial charge < -0.3 is 0 Å². The van der Waals surface area contributed by atoms with E-state index in [2.05, 4.69) is 31.1 Å². The molecule has 0 bridgehead atoms. The number of hydrogen-bond acceptors (Lipinski definition) is 2. The lowest BCUT2D eigenvalue weighted by molar-refractivity contribution is 0.590. The van der Waals surface area contributed by atoms with Gasteiger partial charge in [-0.2, -0.15) is 0 Å². The summed E-state index contributed by atoms with van der Waals surface area (Å²) in [6.07, 6.45) is 3.44. The van der Waals surface area contributed by atoms with Crippen molar-refractivity contribution in [3.05, 3.63) is 41.2 Å². The van der Waals surface area contributed by atoms with E-state index in [0.29, 0.717) is 0 Å². The molecule has 1 aromatic heterocycles. The first-order chi connectivity index (χ1) is 7.48. The monoisotopic (exact) mass is 235 g/mol. The average molecular weight is 236 g/mol. The van der Waals surface area contributed by atoms with Gasteiger partial charge in [-0.1, -0.05) is 43.7 Å². The summed E-state index contributed by atoms with van der Waals surface area (Å²) in [4.78, 5) is 0. The highest BCUT2D eigenvalue weighted by Gasteiger charge is 2.17. The number of halogens is 1. The molecule has 1 heterocycles. The van der Waals surface area contributed by atoms with Gasteiger partial charge in [0.2, 0.25) is 0 Å². The van der Waals surface area contributed by atoms with Crippen LogP contribution in [0.4, 0.5) is 0 Å². The summed E-state index contributed by atoms with van der Waals surface area (Å²) in [6, 6.07) is 5.96. The van der Waals surface area contributed by atoms with E-state index in [4.69, 9.17) is 11.6 Å². The fourth-order valence-corrected chi connectivity index (χ4v) is 2.06.